The molecule has 0 radical (unpaired) electrons. The summed E-state index contributed by atoms with van der Waals surface area (Å²) in [6.07, 6.45) is 0. The maximum absolute atomic E-state index is 12.6. The van der Waals surface area contributed by atoms with E-state index in [0.717, 1.165) is 16.8 Å². The number of anilines is 2. The number of nitro groups is 1. The number of nitro benzene ring substituents is 1. The Labute approximate surface area is 166 Å². The van der Waals surface area contributed by atoms with Crippen molar-refractivity contribution >= 4 is 38.4 Å². The Kier molecular flexibility index (Phi) is 5.61. The van der Waals surface area contributed by atoms with Crippen LogP contribution in [0.5, 0.6) is 0 Å². The number of aryl methyl sites for hydroxylation is 1. The van der Waals surface area contributed by atoms with Gasteiger partial charge in [0.2, 0.25) is 0 Å². The fourth-order valence-electron chi connectivity index (χ4n) is 2.67. The Bertz CT molecular complexity index is 1100. The molecule has 3 rings (SSSR count). The molecule has 146 valence electrons. The van der Waals surface area contributed by atoms with Crippen molar-refractivity contribution in [3.05, 3.63) is 74.7 Å². The first kappa shape index (κ1) is 19.8. The average Bonchev–Trinajstić information content (AvgIpc) is 3.06. The standard InChI is InChI=1S/C18H18N4O4S2/c1-13-19-15(12-27-13)11-21(2)17-9-8-16(10-18(17)22(23)24)28(25,26)20-14-6-4-3-5-7-14/h3-10,12,20H,11H2,1-2H3. The predicted molar refractivity (Wildman–Crippen MR) is 109 cm³/mol. The summed E-state index contributed by atoms with van der Waals surface area (Å²) < 4.78 is 27.6. The summed E-state index contributed by atoms with van der Waals surface area (Å²) in [6.45, 7) is 2.26. The molecule has 1 N–H and O–H groups in total. The molecule has 0 saturated carbocycles. The Morgan fingerprint density at radius 2 is 1.93 bits per heavy atom. The molecule has 0 saturated heterocycles. The van der Waals surface area contributed by atoms with Crippen LogP contribution in [0.3, 0.4) is 0 Å². The van der Waals surface area contributed by atoms with E-state index in [1.54, 1.807) is 42.3 Å². The molecule has 0 fully saturated rings. The second kappa shape index (κ2) is 7.95. The number of nitrogens with zero attached hydrogens (tertiary/aromatic N) is 3. The van der Waals surface area contributed by atoms with Crippen molar-refractivity contribution in [2.24, 2.45) is 0 Å². The molecule has 3 aromatic rings. The van der Waals surface area contributed by atoms with Crippen molar-refractivity contribution in [1.82, 2.24) is 4.98 Å². The minimum absolute atomic E-state index is 0.176. The van der Waals surface area contributed by atoms with E-state index in [0.29, 0.717) is 17.9 Å². The van der Waals surface area contributed by atoms with Crippen LogP contribution in [0.4, 0.5) is 17.1 Å². The largest absolute Gasteiger partial charge is 0.363 e. The monoisotopic (exact) mass is 418 g/mol. The highest BCUT2D eigenvalue weighted by Crippen LogP contribution is 2.31. The van der Waals surface area contributed by atoms with Crippen LogP contribution in [-0.4, -0.2) is 25.4 Å². The van der Waals surface area contributed by atoms with E-state index >= 15 is 0 Å². The van der Waals surface area contributed by atoms with Gasteiger partial charge in [-0.25, -0.2) is 13.4 Å². The third-order valence-corrected chi connectivity index (χ3v) is 6.16. The number of hydrogen-bond acceptors (Lipinski definition) is 7. The van der Waals surface area contributed by atoms with Crippen molar-refractivity contribution in [3.63, 3.8) is 0 Å². The molecule has 0 amide bonds. The maximum atomic E-state index is 12.6. The lowest BCUT2D eigenvalue weighted by Crippen LogP contribution is -2.19. The lowest BCUT2D eigenvalue weighted by atomic mass is 10.2. The van der Waals surface area contributed by atoms with E-state index in [-0.39, 0.29) is 10.6 Å². The van der Waals surface area contributed by atoms with Crippen LogP contribution in [-0.2, 0) is 16.6 Å². The number of rotatable bonds is 7. The molecule has 0 spiro atoms. The Balaban J connectivity index is 1.91. The first-order valence-electron chi connectivity index (χ1n) is 8.25. The molecule has 0 bridgehead atoms. The van der Waals surface area contributed by atoms with Crippen LogP contribution in [0.15, 0.2) is 58.8 Å². The predicted octanol–water partition coefficient (Wildman–Crippen LogP) is 3.80. The number of benzene rings is 2. The van der Waals surface area contributed by atoms with Gasteiger partial charge in [0.1, 0.15) is 5.69 Å². The number of nitrogens with one attached hydrogen (secondary N) is 1. The average molecular weight is 419 g/mol. The van der Waals surface area contributed by atoms with Gasteiger partial charge < -0.3 is 4.90 Å². The van der Waals surface area contributed by atoms with E-state index in [1.807, 2.05) is 12.3 Å². The lowest BCUT2D eigenvalue weighted by Gasteiger charge is -2.18. The van der Waals surface area contributed by atoms with Crippen molar-refractivity contribution in [3.8, 4) is 0 Å². The van der Waals surface area contributed by atoms with Gasteiger partial charge in [-0.15, -0.1) is 11.3 Å². The summed E-state index contributed by atoms with van der Waals surface area (Å²) in [4.78, 5) is 16.8. The summed E-state index contributed by atoms with van der Waals surface area (Å²) in [7, 11) is -2.25. The molecule has 8 nitrogen and oxygen atoms in total. The lowest BCUT2D eigenvalue weighted by molar-refractivity contribution is -0.384. The molecule has 0 unspecified atom stereocenters. The van der Waals surface area contributed by atoms with Gasteiger partial charge in [0.05, 0.1) is 27.1 Å². The summed E-state index contributed by atoms with van der Waals surface area (Å²) in [5.41, 5.74) is 1.20. The minimum atomic E-state index is -3.95. The van der Waals surface area contributed by atoms with Crippen molar-refractivity contribution in [1.29, 1.82) is 0 Å². The summed E-state index contributed by atoms with van der Waals surface area (Å²) in [6, 6.07) is 12.2. The molecule has 10 heteroatoms. The van der Waals surface area contributed by atoms with Gasteiger partial charge in [-0.3, -0.25) is 14.8 Å². The second-order valence-corrected chi connectivity index (χ2v) is 8.84. The topological polar surface area (TPSA) is 105 Å². The van der Waals surface area contributed by atoms with Gasteiger partial charge in [-0.05, 0) is 31.2 Å². The number of hydrogen-bond donors (Lipinski definition) is 1. The van der Waals surface area contributed by atoms with Gasteiger partial charge in [0.25, 0.3) is 15.7 Å². The van der Waals surface area contributed by atoms with Crippen LogP contribution in [0.2, 0.25) is 0 Å². The van der Waals surface area contributed by atoms with E-state index in [2.05, 4.69) is 9.71 Å². The molecule has 0 atom stereocenters. The SMILES string of the molecule is Cc1nc(CN(C)c2ccc(S(=O)(=O)Nc3ccccc3)cc2[N+](=O)[O-])cs1. The van der Waals surface area contributed by atoms with Gasteiger partial charge >= 0.3 is 0 Å². The van der Waals surface area contributed by atoms with Gasteiger partial charge in [0.15, 0.2) is 0 Å². The van der Waals surface area contributed by atoms with Crippen LogP contribution in [0.25, 0.3) is 0 Å². The molecule has 0 aliphatic rings. The number of sulfonamides is 1. The first-order valence-corrected chi connectivity index (χ1v) is 10.6. The van der Waals surface area contributed by atoms with Crippen LogP contribution in [0.1, 0.15) is 10.7 Å². The third-order valence-electron chi connectivity index (χ3n) is 3.96. The van der Waals surface area contributed by atoms with Gasteiger partial charge in [-0.1, -0.05) is 18.2 Å². The smallest absolute Gasteiger partial charge is 0.293 e. The summed E-state index contributed by atoms with van der Waals surface area (Å²) in [5, 5.41) is 14.4. The van der Waals surface area contributed by atoms with Gasteiger partial charge in [-0.2, -0.15) is 0 Å². The Morgan fingerprint density at radius 1 is 1.21 bits per heavy atom. The molecule has 1 heterocycles. The molecule has 28 heavy (non-hydrogen) atoms. The zero-order valence-corrected chi connectivity index (χ0v) is 16.8. The molecular formula is C18H18N4O4S2. The second-order valence-electron chi connectivity index (χ2n) is 6.09. The molecule has 1 aromatic heterocycles. The van der Waals surface area contributed by atoms with E-state index in [9.17, 15) is 18.5 Å². The highest BCUT2D eigenvalue weighted by atomic mass is 32.2. The fraction of sp³-hybridized carbons (Fsp3) is 0.167. The van der Waals surface area contributed by atoms with Crippen LogP contribution < -0.4 is 9.62 Å². The zero-order chi connectivity index (χ0) is 20.3. The van der Waals surface area contributed by atoms with Crippen LogP contribution >= 0.6 is 11.3 Å². The maximum Gasteiger partial charge on any atom is 0.293 e. The van der Waals surface area contributed by atoms with E-state index in [1.165, 1.54) is 23.5 Å². The normalized spacial score (nSPS) is 11.2. The van der Waals surface area contributed by atoms with Crippen LogP contribution in [0, 0.1) is 17.0 Å². The fourth-order valence-corrected chi connectivity index (χ4v) is 4.35. The highest BCUT2D eigenvalue weighted by molar-refractivity contribution is 7.92. The van der Waals surface area contributed by atoms with E-state index in [4.69, 9.17) is 0 Å². The van der Waals surface area contributed by atoms with Crippen molar-refractivity contribution in [2.75, 3.05) is 16.7 Å². The van der Waals surface area contributed by atoms with Crippen molar-refractivity contribution < 1.29 is 13.3 Å². The minimum Gasteiger partial charge on any atom is -0.363 e. The number of thiazole rings is 1. The summed E-state index contributed by atoms with van der Waals surface area (Å²) >= 11 is 1.50. The third kappa shape index (κ3) is 4.46. The number of aromatic nitrogens is 1. The molecule has 0 aliphatic heterocycles. The number of para-hydroxylation sites is 1. The molecule has 2 aromatic carbocycles. The zero-order valence-electron chi connectivity index (χ0n) is 15.2. The molecule has 0 aliphatic carbocycles. The Hall–Kier alpha value is -2.98. The van der Waals surface area contributed by atoms with Gasteiger partial charge in [0, 0.05) is 24.2 Å². The van der Waals surface area contributed by atoms with Crippen molar-refractivity contribution in [2.45, 2.75) is 18.4 Å². The quantitative estimate of drug-likeness (QED) is 0.462. The summed E-state index contributed by atoms with van der Waals surface area (Å²) in [5.74, 6) is 0. The first-order chi connectivity index (χ1) is 13.3. The van der Waals surface area contributed by atoms with E-state index < -0.39 is 14.9 Å². The highest BCUT2D eigenvalue weighted by Gasteiger charge is 2.23. The Morgan fingerprint density at radius 3 is 2.54 bits per heavy atom. The molecular weight excluding hydrogens is 400 g/mol.